The maximum atomic E-state index is 11.8. The summed E-state index contributed by atoms with van der Waals surface area (Å²) in [5.41, 5.74) is 2.28. The van der Waals surface area contributed by atoms with E-state index >= 15 is 0 Å². The van der Waals surface area contributed by atoms with Gasteiger partial charge in [-0.1, -0.05) is 23.7 Å². The summed E-state index contributed by atoms with van der Waals surface area (Å²) in [6.45, 7) is 2.78. The summed E-state index contributed by atoms with van der Waals surface area (Å²) < 4.78 is 10.5. The molecule has 0 spiro atoms. The lowest BCUT2D eigenvalue weighted by Crippen LogP contribution is -2.83. The highest BCUT2D eigenvalue weighted by molar-refractivity contribution is 6.30. The van der Waals surface area contributed by atoms with Crippen LogP contribution in [0.5, 0.6) is 5.75 Å². The second-order valence-corrected chi connectivity index (χ2v) is 6.17. The van der Waals surface area contributed by atoms with Gasteiger partial charge in [0, 0.05) is 33.7 Å². The van der Waals surface area contributed by atoms with Gasteiger partial charge in [-0.25, -0.2) is 4.79 Å². The SMILES string of the molecule is COc1ccc2c(C[NH2+][C@@H](C)c3cccc(Cl)c3)cc(=O)oc2c1. The smallest absolute Gasteiger partial charge is 0.336 e. The van der Waals surface area contributed by atoms with Crippen LogP contribution >= 0.6 is 11.6 Å². The maximum absolute atomic E-state index is 11.8. The summed E-state index contributed by atoms with van der Waals surface area (Å²) in [7, 11) is 1.59. The van der Waals surface area contributed by atoms with Gasteiger partial charge in [-0.2, -0.15) is 0 Å². The van der Waals surface area contributed by atoms with E-state index in [4.69, 9.17) is 20.8 Å². The molecule has 3 aromatic rings. The fourth-order valence-corrected chi connectivity index (χ4v) is 2.93. The Kier molecular flexibility index (Phi) is 4.88. The molecule has 124 valence electrons. The fraction of sp³-hybridized carbons (Fsp3) is 0.211. The molecule has 0 aliphatic heterocycles. The van der Waals surface area contributed by atoms with Crippen LogP contribution in [-0.4, -0.2) is 7.11 Å². The van der Waals surface area contributed by atoms with Crippen molar-refractivity contribution in [2.45, 2.75) is 19.5 Å². The van der Waals surface area contributed by atoms with Gasteiger partial charge in [0.15, 0.2) is 0 Å². The van der Waals surface area contributed by atoms with Crippen LogP contribution in [-0.2, 0) is 6.54 Å². The monoisotopic (exact) mass is 344 g/mol. The number of fused-ring (bicyclic) bond motifs is 1. The molecule has 0 fully saturated rings. The minimum absolute atomic E-state index is 0.226. The van der Waals surface area contributed by atoms with Gasteiger partial charge in [0.05, 0.1) is 7.11 Å². The van der Waals surface area contributed by atoms with Crippen LogP contribution in [0.3, 0.4) is 0 Å². The molecule has 5 heteroatoms. The number of rotatable bonds is 5. The van der Waals surface area contributed by atoms with Crippen molar-refractivity contribution in [2.75, 3.05) is 7.11 Å². The summed E-state index contributed by atoms with van der Waals surface area (Å²) in [5, 5.41) is 3.82. The number of hydrogen-bond donors (Lipinski definition) is 1. The summed E-state index contributed by atoms with van der Waals surface area (Å²) in [6.07, 6.45) is 0. The predicted molar refractivity (Wildman–Crippen MR) is 94.5 cm³/mol. The maximum Gasteiger partial charge on any atom is 0.336 e. The predicted octanol–water partition coefficient (Wildman–Crippen LogP) is 3.28. The first-order valence-electron chi connectivity index (χ1n) is 7.76. The zero-order chi connectivity index (χ0) is 17.1. The van der Waals surface area contributed by atoms with Gasteiger partial charge in [0.1, 0.15) is 23.9 Å². The summed E-state index contributed by atoms with van der Waals surface area (Å²) in [6, 6.07) is 15.1. The van der Waals surface area contributed by atoms with E-state index in [9.17, 15) is 4.79 Å². The van der Waals surface area contributed by atoms with Crippen LogP contribution in [0.2, 0.25) is 5.02 Å². The normalized spacial score (nSPS) is 12.3. The van der Waals surface area contributed by atoms with Crippen LogP contribution in [0.15, 0.2) is 57.7 Å². The third-order valence-electron chi connectivity index (χ3n) is 4.10. The Morgan fingerprint density at radius 1 is 1.21 bits per heavy atom. The molecule has 2 N–H and O–H groups in total. The number of halogens is 1. The van der Waals surface area contributed by atoms with Crippen molar-refractivity contribution in [1.29, 1.82) is 0 Å². The van der Waals surface area contributed by atoms with Crippen LogP contribution < -0.4 is 15.7 Å². The highest BCUT2D eigenvalue weighted by Crippen LogP contribution is 2.22. The van der Waals surface area contributed by atoms with E-state index in [2.05, 4.69) is 18.3 Å². The second kappa shape index (κ2) is 7.07. The average Bonchev–Trinajstić information content (AvgIpc) is 2.58. The first-order valence-corrected chi connectivity index (χ1v) is 8.14. The van der Waals surface area contributed by atoms with Crippen molar-refractivity contribution in [3.05, 3.63) is 75.1 Å². The zero-order valence-electron chi connectivity index (χ0n) is 13.6. The minimum Gasteiger partial charge on any atom is -0.497 e. The van der Waals surface area contributed by atoms with E-state index in [1.165, 1.54) is 0 Å². The average molecular weight is 345 g/mol. The van der Waals surface area contributed by atoms with Gasteiger partial charge in [-0.15, -0.1) is 0 Å². The molecule has 1 atom stereocenters. The van der Waals surface area contributed by atoms with Crippen molar-refractivity contribution >= 4 is 22.6 Å². The molecule has 0 saturated carbocycles. The molecule has 0 aliphatic rings. The molecule has 0 saturated heterocycles. The van der Waals surface area contributed by atoms with E-state index in [1.807, 2.05) is 30.3 Å². The topological polar surface area (TPSA) is 56.0 Å². The Hall–Kier alpha value is -2.30. The molecule has 0 radical (unpaired) electrons. The molecule has 0 amide bonds. The highest BCUT2D eigenvalue weighted by Gasteiger charge is 2.12. The van der Waals surface area contributed by atoms with E-state index in [0.29, 0.717) is 17.9 Å². The quantitative estimate of drug-likeness (QED) is 0.723. The lowest BCUT2D eigenvalue weighted by Gasteiger charge is -2.12. The summed E-state index contributed by atoms with van der Waals surface area (Å²) in [4.78, 5) is 11.8. The van der Waals surface area contributed by atoms with Gasteiger partial charge in [-0.3, -0.25) is 0 Å². The molecule has 4 nitrogen and oxygen atoms in total. The molecule has 0 unspecified atom stereocenters. The molecule has 0 bridgehead atoms. The molecule has 0 aliphatic carbocycles. The molecular weight excluding hydrogens is 326 g/mol. The van der Waals surface area contributed by atoms with Gasteiger partial charge >= 0.3 is 5.63 Å². The van der Waals surface area contributed by atoms with Crippen molar-refractivity contribution in [1.82, 2.24) is 0 Å². The third kappa shape index (κ3) is 3.61. The molecule has 2 aromatic carbocycles. The number of nitrogens with two attached hydrogens (primary N) is 1. The third-order valence-corrected chi connectivity index (χ3v) is 4.34. The van der Waals surface area contributed by atoms with Crippen molar-refractivity contribution < 1.29 is 14.5 Å². The van der Waals surface area contributed by atoms with Crippen molar-refractivity contribution in [3.8, 4) is 5.75 Å². The lowest BCUT2D eigenvalue weighted by atomic mass is 10.1. The molecular formula is C19H19ClNO3+. The Morgan fingerprint density at radius 2 is 2.04 bits per heavy atom. The summed E-state index contributed by atoms with van der Waals surface area (Å²) in [5.74, 6) is 0.666. The fourth-order valence-electron chi connectivity index (χ4n) is 2.74. The van der Waals surface area contributed by atoms with Crippen LogP contribution in [0.4, 0.5) is 0 Å². The van der Waals surface area contributed by atoms with Gasteiger partial charge in [-0.05, 0) is 31.2 Å². The summed E-state index contributed by atoms with van der Waals surface area (Å²) >= 11 is 6.05. The highest BCUT2D eigenvalue weighted by atomic mass is 35.5. The molecule has 1 aromatic heterocycles. The van der Waals surface area contributed by atoms with E-state index in [-0.39, 0.29) is 11.7 Å². The first kappa shape index (κ1) is 16.6. The minimum atomic E-state index is -0.352. The lowest BCUT2D eigenvalue weighted by molar-refractivity contribution is -0.707. The Bertz CT molecular complexity index is 920. The van der Waals surface area contributed by atoms with Gasteiger partial charge < -0.3 is 14.5 Å². The molecule has 3 rings (SSSR count). The number of hydrogen-bond acceptors (Lipinski definition) is 3. The largest absolute Gasteiger partial charge is 0.497 e. The number of benzene rings is 2. The zero-order valence-corrected chi connectivity index (χ0v) is 14.3. The standard InChI is InChI=1S/C19H18ClNO3/c1-12(13-4-3-5-15(20)8-13)21-11-14-9-19(22)24-18-10-16(23-2)6-7-17(14)18/h3-10,12,21H,11H2,1-2H3/p+1/t12-/m0/s1. The molecule has 24 heavy (non-hydrogen) atoms. The first-order chi connectivity index (χ1) is 11.6. The second-order valence-electron chi connectivity index (χ2n) is 5.74. The number of methoxy groups -OCH3 is 1. The van der Waals surface area contributed by atoms with E-state index in [0.717, 1.165) is 21.5 Å². The molecule has 1 heterocycles. The van der Waals surface area contributed by atoms with Crippen molar-refractivity contribution in [3.63, 3.8) is 0 Å². The van der Waals surface area contributed by atoms with Crippen LogP contribution in [0, 0.1) is 0 Å². The Morgan fingerprint density at radius 3 is 2.79 bits per heavy atom. The number of ether oxygens (including phenoxy) is 1. The Balaban J connectivity index is 1.86. The van der Waals surface area contributed by atoms with Crippen molar-refractivity contribution in [2.24, 2.45) is 0 Å². The van der Waals surface area contributed by atoms with E-state index < -0.39 is 0 Å². The van der Waals surface area contributed by atoms with Crippen LogP contribution in [0.25, 0.3) is 11.0 Å². The van der Waals surface area contributed by atoms with Crippen LogP contribution in [0.1, 0.15) is 24.1 Å². The Labute approximate surface area is 145 Å². The van der Waals surface area contributed by atoms with Gasteiger partial charge in [0.25, 0.3) is 0 Å². The number of quaternary nitrogens is 1. The van der Waals surface area contributed by atoms with E-state index in [1.54, 1.807) is 19.2 Å². The van der Waals surface area contributed by atoms with Gasteiger partial charge in [0.2, 0.25) is 0 Å².